The number of hydrogen-bond acceptors (Lipinski definition) is 4. The second kappa shape index (κ2) is 7.44. The van der Waals surface area contributed by atoms with Gasteiger partial charge in [-0.2, -0.15) is 4.31 Å². The second-order valence-electron chi connectivity index (χ2n) is 7.08. The molecule has 0 spiro atoms. The lowest BCUT2D eigenvalue weighted by Crippen LogP contribution is -2.36. The molecule has 0 amide bonds. The molecule has 1 aliphatic rings. The first kappa shape index (κ1) is 19.9. The van der Waals surface area contributed by atoms with Crippen molar-refractivity contribution in [1.82, 2.24) is 4.31 Å². The van der Waals surface area contributed by atoms with Gasteiger partial charge < -0.3 is 0 Å². The zero-order valence-corrected chi connectivity index (χ0v) is 17.6. The summed E-state index contributed by atoms with van der Waals surface area (Å²) in [5.41, 5.74) is 2.29. The van der Waals surface area contributed by atoms with Crippen molar-refractivity contribution in [3.05, 3.63) is 71.8 Å². The molecule has 6 nitrogen and oxygen atoms in total. The second-order valence-corrected chi connectivity index (χ2v) is 11.0. The van der Waals surface area contributed by atoms with Crippen LogP contribution >= 0.6 is 0 Å². The Morgan fingerprint density at radius 1 is 0.897 bits per heavy atom. The number of rotatable bonds is 5. The molecule has 4 rings (SSSR count). The number of nitrogens with one attached hydrogen (secondary N) is 1. The molecule has 1 aliphatic heterocycles. The van der Waals surface area contributed by atoms with Crippen molar-refractivity contribution in [2.75, 3.05) is 17.0 Å². The van der Waals surface area contributed by atoms with Gasteiger partial charge in [0, 0.05) is 18.8 Å². The van der Waals surface area contributed by atoms with E-state index in [4.69, 9.17) is 0 Å². The SMILES string of the molecule is CCS(=O)(=O)N1CCc2ccc(NS(=O)(=O)c3ccc4ccccc4c3)cc2C1. The van der Waals surface area contributed by atoms with Crippen LogP contribution < -0.4 is 4.72 Å². The van der Waals surface area contributed by atoms with Crippen molar-refractivity contribution < 1.29 is 16.8 Å². The van der Waals surface area contributed by atoms with Gasteiger partial charge in [0.25, 0.3) is 10.0 Å². The predicted octanol–water partition coefficient (Wildman–Crippen LogP) is 3.35. The molecule has 0 saturated carbocycles. The van der Waals surface area contributed by atoms with Crippen molar-refractivity contribution in [1.29, 1.82) is 0 Å². The fraction of sp³-hybridized carbons (Fsp3) is 0.238. The van der Waals surface area contributed by atoms with Gasteiger partial charge in [-0.3, -0.25) is 4.72 Å². The summed E-state index contributed by atoms with van der Waals surface area (Å²) in [7, 11) is -7.04. The van der Waals surface area contributed by atoms with Crippen LogP contribution in [0.15, 0.2) is 65.6 Å². The average Bonchev–Trinajstić information content (AvgIpc) is 2.72. The van der Waals surface area contributed by atoms with Crippen molar-refractivity contribution in [2.24, 2.45) is 0 Å². The van der Waals surface area contributed by atoms with Crippen LogP contribution in [0.3, 0.4) is 0 Å². The van der Waals surface area contributed by atoms with Crippen molar-refractivity contribution >= 4 is 36.5 Å². The zero-order valence-electron chi connectivity index (χ0n) is 16.0. The Labute approximate surface area is 171 Å². The topological polar surface area (TPSA) is 83.6 Å². The first-order valence-corrected chi connectivity index (χ1v) is 12.5. The van der Waals surface area contributed by atoms with Gasteiger partial charge in [-0.1, -0.05) is 36.4 Å². The molecule has 0 aromatic heterocycles. The highest BCUT2D eigenvalue weighted by atomic mass is 32.2. The molecule has 0 bridgehead atoms. The molecular weight excluding hydrogens is 408 g/mol. The molecule has 1 heterocycles. The Kier molecular flexibility index (Phi) is 5.10. The van der Waals surface area contributed by atoms with E-state index in [0.717, 1.165) is 21.9 Å². The standard InChI is InChI=1S/C21H22N2O4S2/c1-2-28(24,25)23-12-11-17-7-9-20(13-19(17)15-23)22-29(26,27)21-10-8-16-5-3-4-6-18(16)14-21/h3-10,13-14,22H,2,11-12,15H2,1H3. The van der Waals surface area contributed by atoms with Crippen LogP contribution in [0.1, 0.15) is 18.1 Å². The van der Waals surface area contributed by atoms with Gasteiger partial charge in [0.15, 0.2) is 0 Å². The van der Waals surface area contributed by atoms with Crippen LogP contribution in [0, 0.1) is 0 Å². The molecule has 29 heavy (non-hydrogen) atoms. The Morgan fingerprint density at radius 3 is 2.41 bits per heavy atom. The number of fused-ring (bicyclic) bond motifs is 2. The minimum Gasteiger partial charge on any atom is -0.280 e. The van der Waals surface area contributed by atoms with E-state index in [-0.39, 0.29) is 17.2 Å². The number of anilines is 1. The minimum atomic E-state index is -3.76. The van der Waals surface area contributed by atoms with E-state index in [1.807, 2.05) is 30.3 Å². The smallest absolute Gasteiger partial charge is 0.261 e. The molecule has 152 valence electrons. The molecule has 3 aromatic rings. The van der Waals surface area contributed by atoms with Crippen LogP contribution in [0.4, 0.5) is 5.69 Å². The molecule has 0 atom stereocenters. The minimum absolute atomic E-state index is 0.0522. The van der Waals surface area contributed by atoms with Gasteiger partial charge in [-0.05, 0) is 59.5 Å². The number of sulfonamides is 2. The van der Waals surface area contributed by atoms with Crippen LogP contribution in [0.5, 0.6) is 0 Å². The molecule has 3 aromatic carbocycles. The van der Waals surface area contributed by atoms with E-state index in [2.05, 4.69) is 4.72 Å². The lowest BCUT2D eigenvalue weighted by Gasteiger charge is -2.28. The third-order valence-electron chi connectivity index (χ3n) is 5.23. The van der Waals surface area contributed by atoms with Crippen LogP contribution in [-0.2, 0) is 33.0 Å². The third kappa shape index (κ3) is 4.01. The Morgan fingerprint density at radius 2 is 1.66 bits per heavy atom. The predicted molar refractivity (Wildman–Crippen MR) is 115 cm³/mol. The van der Waals surface area contributed by atoms with Gasteiger partial charge in [0.2, 0.25) is 10.0 Å². The molecule has 0 unspecified atom stereocenters. The summed E-state index contributed by atoms with van der Waals surface area (Å²) in [6.45, 7) is 2.33. The summed E-state index contributed by atoms with van der Waals surface area (Å²) in [6.07, 6.45) is 0.617. The van der Waals surface area contributed by atoms with Gasteiger partial charge in [0.1, 0.15) is 0 Å². The highest BCUT2D eigenvalue weighted by Crippen LogP contribution is 2.26. The largest absolute Gasteiger partial charge is 0.280 e. The first-order valence-electron chi connectivity index (χ1n) is 9.40. The maximum Gasteiger partial charge on any atom is 0.261 e. The number of benzene rings is 3. The summed E-state index contributed by atoms with van der Waals surface area (Å²) < 4.78 is 54.2. The fourth-order valence-electron chi connectivity index (χ4n) is 3.56. The summed E-state index contributed by atoms with van der Waals surface area (Å²) in [5.74, 6) is 0.0522. The third-order valence-corrected chi connectivity index (χ3v) is 8.43. The van der Waals surface area contributed by atoms with E-state index in [1.54, 1.807) is 37.3 Å². The van der Waals surface area contributed by atoms with E-state index >= 15 is 0 Å². The van der Waals surface area contributed by atoms with Crippen LogP contribution in [-0.4, -0.2) is 33.4 Å². The number of hydrogen-bond donors (Lipinski definition) is 1. The molecule has 8 heteroatoms. The Balaban J connectivity index is 1.61. The van der Waals surface area contributed by atoms with Gasteiger partial charge in [-0.25, -0.2) is 16.8 Å². The fourth-order valence-corrected chi connectivity index (χ4v) is 5.72. The average molecular weight is 431 g/mol. The highest BCUT2D eigenvalue weighted by molar-refractivity contribution is 7.92. The van der Waals surface area contributed by atoms with Crippen LogP contribution in [0.25, 0.3) is 10.8 Å². The van der Waals surface area contributed by atoms with E-state index in [9.17, 15) is 16.8 Å². The van der Waals surface area contributed by atoms with Crippen molar-refractivity contribution in [2.45, 2.75) is 24.8 Å². The Bertz CT molecular complexity index is 1290. The zero-order chi connectivity index (χ0) is 20.6. The van der Waals surface area contributed by atoms with Gasteiger partial charge in [-0.15, -0.1) is 0 Å². The molecular formula is C21H22N2O4S2. The Hall–Kier alpha value is -2.42. The lowest BCUT2D eigenvalue weighted by molar-refractivity contribution is 0.392. The summed E-state index contributed by atoms with van der Waals surface area (Å²) in [6, 6.07) is 17.9. The molecule has 1 N–H and O–H groups in total. The maximum atomic E-state index is 12.9. The van der Waals surface area contributed by atoms with Gasteiger partial charge >= 0.3 is 0 Å². The quantitative estimate of drug-likeness (QED) is 0.673. The van der Waals surface area contributed by atoms with Gasteiger partial charge in [0.05, 0.1) is 10.6 Å². The molecule has 0 fully saturated rings. The molecule has 0 aliphatic carbocycles. The maximum absolute atomic E-state index is 12.9. The van der Waals surface area contributed by atoms with Crippen LogP contribution in [0.2, 0.25) is 0 Å². The van der Waals surface area contributed by atoms with Crippen molar-refractivity contribution in [3.63, 3.8) is 0 Å². The molecule has 0 saturated heterocycles. The van der Waals surface area contributed by atoms with E-state index < -0.39 is 20.0 Å². The highest BCUT2D eigenvalue weighted by Gasteiger charge is 2.25. The first-order chi connectivity index (χ1) is 13.8. The monoisotopic (exact) mass is 430 g/mol. The number of nitrogens with zero attached hydrogens (tertiary/aromatic N) is 1. The van der Waals surface area contributed by atoms with E-state index in [1.165, 1.54) is 4.31 Å². The normalized spacial score (nSPS) is 15.2. The van der Waals surface area contributed by atoms with Crippen molar-refractivity contribution in [3.8, 4) is 0 Å². The summed E-state index contributed by atoms with van der Waals surface area (Å²) in [4.78, 5) is 0.184. The summed E-state index contributed by atoms with van der Waals surface area (Å²) >= 11 is 0. The molecule has 0 radical (unpaired) electrons. The van der Waals surface area contributed by atoms with E-state index in [0.29, 0.717) is 18.7 Å². The summed E-state index contributed by atoms with van der Waals surface area (Å²) in [5, 5.41) is 1.82. The lowest BCUT2D eigenvalue weighted by atomic mass is 10.0.